The summed E-state index contributed by atoms with van der Waals surface area (Å²) in [5.74, 6) is -0.317. The quantitative estimate of drug-likeness (QED) is 0.573. The number of thiophene rings is 1. The van der Waals surface area contributed by atoms with Gasteiger partial charge in [-0.2, -0.15) is 0 Å². The van der Waals surface area contributed by atoms with Crippen LogP contribution in [0.15, 0.2) is 17.5 Å². The molecule has 4 heteroatoms. The second kappa shape index (κ2) is 8.25. The van der Waals surface area contributed by atoms with Crippen LogP contribution >= 0.6 is 11.3 Å². The van der Waals surface area contributed by atoms with Crippen LogP contribution in [0.25, 0.3) is 0 Å². The summed E-state index contributed by atoms with van der Waals surface area (Å²) in [4.78, 5) is 12.5. The highest BCUT2D eigenvalue weighted by Crippen LogP contribution is 2.17. The summed E-state index contributed by atoms with van der Waals surface area (Å²) in [6.45, 7) is 2.67. The van der Waals surface area contributed by atoms with Crippen LogP contribution < -0.4 is 5.73 Å². The van der Waals surface area contributed by atoms with Gasteiger partial charge in [-0.25, -0.2) is 4.79 Å². The average Bonchev–Trinajstić information content (AvgIpc) is 2.86. The number of ether oxygens (including phenoxy) is 1. The Morgan fingerprint density at radius 2 is 2.18 bits per heavy atom. The Bertz CT molecular complexity index is 311. The van der Waals surface area contributed by atoms with E-state index in [0.29, 0.717) is 6.61 Å². The first-order valence-electron chi connectivity index (χ1n) is 6.21. The van der Waals surface area contributed by atoms with E-state index in [4.69, 9.17) is 10.5 Å². The summed E-state index contributed by atoms with van der Waals surface area (Å²) in [7, 11) is 0. The minimum absolute atomic E-state index is 0.317. The van der Waals surface area contributed by atoms with Gasteiger partial charge in [0.15, 0.2) is 0 Å². The number of hydrogen-bond donors (Lipinski definition) is 1. The second-order valence-corrected chi connectivity index (χ2v) is 5.05. The van der Waals surface area contributed by atoms with Gasteiger partial charge in [-0.3, -0.25) is 0 Å². The van der Waals surface area contributed by atoms with E-state index in [-0.39, 0.29) is 5.97 Å². The van der Waals surface area contributed by atoms with E-state index in [1.54, 1.807) is 0 Å². The number of carbonyl (C=O) groups is 1. The molecule has 0 aliphatic carbocycles. The van der Waals surface area contributed by atoms with Gasteiger partial charge < -0.3 is 10.5 Å². The summed E-state index contributed by atoms with van der Waals surface area (Å²) < 4.78 is 5.15. The lowest BCUT2D eigenvalue weighted by Gasteiger charge is -2.09. The predicted molar refractivity (Wildman–Crippen MR) is 71.0 cm³/mol. The van der Waals surface area contributed by atoms with Crippen LogP contribution in [0.4, 0.5) is 0 Å². The first-order valence-corrected chi connectivity index (χ1v) is 7.09. The van der Waals surface area contributed by atoms with Gasteiger partial charge in [-0.15, -0.1) is 11.3 Å². The summed E-state index contributed by atoms with van der Waals surface area (Å²) in [6, 6.07) is 3.13. The van der Waals surface area contributed by atoms with Gasteiger partial charge in [0.25, 0.3) is 0 Å². The maximum atomic E-state index is 11.6. The number of carbonyl (C=O) groups excluding carboxylic acids is 1. The molecule has 1 aromatic rings. The maximum absolute atomic E-state index is 11.6. The molecule has 0 spiro atoms. The van der Waals surface area contributed by atoms with Crippen molar-refractivity contribution in [2.24, 2.45) is 5.73 Å². The number of nitrogens with two attached hydrogens (primary N) is 1. The zero-order chi connectivity index (χ0) is 12.5. The number of rotatable bonds is 8. The fraction of sp³-hybridized carbons (Fsp3) is 0.615. The average molecular weight is 255 g/mol. The molecule has 0 fully saturated rings. The van der Waals surface area contributed by atoms with Crippen molar-refractivity contribution in [3.63, 3.8) is 0 Å². The third-order valence-electron chi connectivity index (χ3n) is 2.60. The van der Waals surface area contributed by atoms with E-state index < -0.39 is 6.04 Å². The fourth-order valence-electron chi connectivity index (χ4n) is 1.55. The van der Waals surface area contributed by atoms with Crippen molar-refractivity contribution in [2.45, 2.75) is 45.1 Å². The lowest BCUT2D eigenvalue weighted by Crippen LogP contribution is -2.23. The van der Waals surface area contributed by atoms with Crippen LogP contribution in [-0.4, -0.2) is 12.6 Å². The SMILES string of the molecule is CCCCCCCOC(=O)C(N)c1cccs1. The molecule has 1 heterocycles. The Labute approximate surface area is 107 Å². The molecule has 0 saturated carbocycles. The highest BCUT2D eigenvalue weighted by atomic mass is 32.1. The third kappa shape index (κ3) is 5.33. The zero-order valence-electron chi connectivity index (χ0n) is 10.4. The van der Waals surface area contributed by atoms with Gasteiger partial charge in [0.05, 0.1) is 6.61 Å². The molecule has 1 rings (SSSR count). The molecule has 3 nitrogen and oxygen atoms in total. The standard InChI is InChI=1S/C13H21NO2S/c1-2-3-4-5-6-9-16-13(15)12(14)11-8-7-10-17-11/h7-8,10,12H,2-6,9,14H2,1H3. The molecule has 17 heavy (non-hydrogen) atoms. The summed E-state index contributed by atoms with van der Waals surface area (Å²) in [5.41, 5.74) is 5.78. The fourth-order valence-corrected chi connectivity index (χ4v) is 2.27. The molecule has 1 atom stereocenters. The van der Waals surface area contributed by atoms with E-state index in [1.165, 1.54) is 30.6 Å². The zero-order valence-corrected chi connectivity index (χ0v) is 11.2. The van der Waals surface area contributed by atoms with Crippen molar-refractivity contribution in [3.8, 4) is 0 Å². The minimum Gasteiger partial charge on any atom is -0.464 e. The number of hydrogen-bond acceptors (Lipinski definition) is 4. The Hall–Kier alpha value is -0.870. The molecule has 1 aromatic heterocycles. The van der Waals surface area contributed by atoms with E-state index in [9.17, 15) is 4.79 Å². The Kier molecular flexibility index (Phi) is 6.89. The van der Waals surface area contributed by atoms with Crippen molar-refractivity contribution < 1.29 is 9.53 Å². The highest BCUT2D eigenvalue weighted by Gasteiger charge is 2.17. The molecule has 0 saturated heterocycles. The molecule has 0 aliphatic rings. The Balaban J connectivity index is 2.13. The van der Waals surface area contributed by atoms with Crippen LogP contribution in [-0.2, 0) is 9.53 Å². The van der Waals surface area contributed by atoms with Crippen LogP contribution in [0.5, 0.6) is 0 Å². The molecular formula is C13H21NO2S. The van der Waals surface area contributed by atoms with Crippen LogP contribution in [0, 0.1) is 0 Å². The Morgan fingerprint density at radius 3 is 2.82 bits per heavy atom. The molecule has 0 bridgehead atoms. The lowest BCUT2D eigenvalue weighted by atomic mass is 10.2. The number of unbranched alkanes of at least 4 members (excludes halogenated alkanes) is 4. The van der Waals surface area contributed by atoms with Gasteiger partial charge in [0.2, 0.25) is 0 Å². The topological polar surface area (TPSA) is 52.3 Å². The number of esters is 1. The van der Waals surface area contributed by atoms with Crippen molar-refractivity contribution in [1.29, 1.82) is 0 Å². The molecule has 0 aliphatic heterocycles. The van der Waals surface area contributed by atoms with Crippen LogP contribution in [0.3, 0.4) is 0 Å². The molecular weight excluding hydrogens is 234 g/mol. The van der Waals surface area contributed by atoms with Crippen LogP contribution in [0.2, 0.25) is 0 Å². The monoisotopic (exact) mass is 255 g/mol. The normalized spacial score (nSPS) is 12.4. The van der Waals surface area contributed by atoms with E-state index in [0.717, 1.165) is 17.7 Å². The van der Waals surface area contributed by atoms with E-state index >= 15 is 0 Å². The third-order valence-corrected chi connectivity index (χ3v) is 3.55. The van der Waals surface area contributed by atoms with E-state index in [1.807, 2.05) is 17.5 Å². The molecule has 96 valence electrons. The van der Waals surface area contributed by atoms with Crippen molar-refractivity contribution in [2.75, 3.05) is 6.61 Å². The summed E-state index contributed by atoms with van der Waals surface area (Å²) in [5, 5.41) is 1.91. The molecule has 1 unspecified atom stereocenters. The minimum atomic E-state index is -0.620. The van der Waals surface area contributed by atoms with Gasteiger partial charge >= 0.3 is 5.97 Å². The van der Waals surface area contributed by atoms with Crippen molar-refractivity contribution >= 4 is 17.3 Å². The van der Waals surface area contributed by atoms with Gasteiger partial charge in [-0.1, -0.05) is 38.7 Å². The molecule has 2 N–H and O–H groups in total. The van der Waals surface area contributed by atoms with Gasteiger partial charge in [0.1, 0.15) is 6.04 Å². The van der Waals surface area contributed by atoms with E-state index in [2.05, 4.69) is 6.92 Å². The lowest BCUT2D eigenvalue weighted by molar-refractivity contribution is -0.145. The van der Waals surface area contributed by atoms with Crippen molar-refractivity contribution in [3.05, 3.63) is 22.4 Å². The van der Waals surface area contributed by atoms with Gasteiger partial charge in [-0.05, 0) is 17.9 Å². The van der Waals surface area contributed by atoms with Crippen LogP contribution in [0.1, 0.15) is 49.9 Å². The molecule has 0 aromatic carbocycles. The van der Waals surface area contributed by atoms with Gasteiger partial charge in [0, 0.05) is 4.88 Å². The first kappa shape index (κ1) is 14.2. The molecule has 0 amide bonds. The van der Waals surface area contributed by atoms with Crippen molar-refractivity contribution in [1.82, 2.24) is 0 Å². The highest BCUT2D eigenvalue weighted by molar-refractivity contribution is 7.10. The second-order valence-electron chi connectivity index (χ2n) is 4.07. The predicted octanol–water partition coefficient (Wildman–Crippen LogP) is 3.26. The Morgan fingerprint density at radius 1 is 1.41 bits per heavy atom. The first-order chi connectivity index (χ1) is 8.25. The smallest absolute Gasteiger partial charge is 0.328 e. The largest absolute Gasteiger partial charge is 0.464 e. The molecule has 0 radical (unpaired) electrons. The maximum Gasteiger partial charge on any atom is 0.328 e. The summed E-state index contributed by atoms with van der Waals surface area (Å²) >= 11 is 1.48. The summed E-state index contributed by atoms with van der Waals surface area (Å²) in [6.07, 6.45) is 5.75.